The van der Waals surface area contributed by atoms with Gasteiger partial charge in [-0.15, -0.1) is 0 Å². The third-order valence-corrected chi connectivity index (χ3v) is 2.10. The monoisotopic (exact) mass is 183 g/mol. The molecule has 5 nitrogen and oxygen atoms in total. The summed E-state index contributed by atoms with van der Waals surface area (Å²) in [4.78, 5) is 21.7. The lowest BCUT2D eigenvalue weighted by atomic mass is 10.0. The van der Waals surface area contributed by atoms with Crippen molar-refractivity contribution in [3.05, 3.63) is 11.8 Å². The molecule has 0 saturated carbocycles. The third kappa shape index (κ3) is 1.31. The molecule has 1 fully saturated rings. The first kappa shape index (κ1) is 8.25. The molecule has 2 N–H and O–H groups in total. The van der Waals surface area contributed by atoms with E-state index in [1.54, 1.807) is 0 Å². The van der Waals surface area contributed by atoms with Gasteiger partial charge in [-0.2, -0.15) is 0 Å². The van der Waals surface area contributed by atoms with Gasteiger partial charge >= 0.3 is 0 Å². The van der Waals surface area contributed by atoms with Crippen molar-refractivity contribution in [3.8, 4) is 0 Å². The van der Waals surface area contributed by atoms with Gasteiger partial charge in [0, 0.05) is 6.92 Å². The third-order valence-electron chi connectivity index (χ3n) is 2.10. The number of rotatable bonds is 1. The van der Waals surface area contributed by atoms with Gasteiger partial charge in [0.1, 0.15) is 6.10 Å². The number of ketones is 1. The van der Waals surface area contributed by atoms with E-state index in [1.807, 2.05) is 0 Å². The number of carbonyl (C=O) groups excluding carboxylic acids is 2. The molecule has 2 rings (SSSR count). The molecule has 13 heavy (non-hydrogen) atoms. The predicted molar refractivity (Wildman–Crippen MR) is 42.0 cm³/mol. The summed E-state index contributed by atoms with van der Waals surface area (Å²) in [5, 5.41) is 11.7. The van der Waals surface area contributed by atoms with Crippen LogP contribution < -0.4 is 5.32 Å². The molecule has 5 heteroatoms. The average Bonchev–Trinajstić information content (AvgIpc) is 2.77. The van der Waals surface area contributed by atoms with Crippen molar-refractivity contribution in [2.24, 2.45) is 0 Å². The minimum absolute atomic E-state index is 0.211. The summed E-state index contributed by atoms with van der Waals surface area (Å²) in [5.74, 6) is -0.929. The van der Waals surface area contributed by atoms with Crippen molar-refractivity contribution < 1.29 is 19.4 Å². The normalized spacial score (nSPS) is 36.2. The number of epoxide rings is 1. The average molecular weight is 183 g/mol. The van der Waals surface area contributed by atoms with Gasteiger partial charge in [-0.25, -0.2) is 0 Å². The van der Waals surface area contributed by atoms with Gasteiger partial charge in [-0.05, 0) is 6.08 Å². The Labute approximate surface area is 74.4 Å². The van der Waals surface area contributed by atoms with Crippen LogP contribution in [0.4, 0.5) is 0 Å². The van der Waals surface area contributed by atoms with Crippen molar-refractivity contribution in [3.63, 3.8) is 0 Å². The highest BCUT2D eigenvalue weighted by Crippen LogP contribution is 2.32. The number of nitrogens with one attached hydrogen (secondary N) is 1. The largest absolute Gasteiger partial charge is 0.504 e. The summed E-state index contributed by atoms with van der Waals surface area (Å²) < 4.78 is 5.00. The number of carbonyl (C=O) groups is 2. The maximum absolute atomic E-state index is 11.0. The first-order chi connectivity index (χ1) is 6.09. The number of hydrogen-bond donors (Lipinski definition) is 2. The van der Waals surface area contributed by atoms with E-state index in [9.17, 15) is 9.59 Å². The van der Waals surface area contributed by atoms with Crippen LogP contribution in [0.1, 0.15) is 6.92 Å². The molecule has 0 aromatic heterocycles. The van der Waals surface area contributed by atoms with Gasteiger partial charge in [0.2, 0.25) is 11.7 Å². The fraction of sp³-hybridized carbons (Fsp3) is 0.500. The van der Waals surface area contributed by atoms with Crippen LogP contribution in [0.3, 0.4) is 0 Å². The first-order valence-corrected chi connectivity index (χ1v) is 3.97. The summed E-state index contributed by atoms with van der Waals surface area (Å²) in [5.41, 5.74) is 0. The van der Waals surface area contributed by atoms with E-state index in [0.717, 1.165) is 0 Å². The Morgan fingerprint density at radius 3 is 3.00 bits per heavy atom. The highest BCUT2D eigenvalue weighted by Gasteiger charge is 2.53. The summed E-state index contributed by atoms with van der Waals surface area (Å²) in [6.45, 7) is 1.37. The van der Waals surface area contributed by atoms with E-state index in [2.05, 4.69) is 5.32 Å². The molecule has 0 spiro atoms. The Bertz CT molecular complexity index is 309. The van der Waals surface area contributed by atoms with Crippen LogP contribution in [0.5, 0.6) is 0 Å². The maximum atomic E-state index is 11.0. The van der Waals surface area contributed by atoms with Crippen molar-refractivity contribution in [2.45, 2.75) is 25.2 Å². The Balaban J connectivity index is 2.14. The van der Waals surface area contributed by atoms with E-state index in [4.69, 9.17) is 9.84 Å². The van der Waals surface area contributed by atoms with E-state index >= 15 is 0 Å². The Kier molecular flexibility index (Phi) is 1.63. The highest BCUT2D eigenvalue weighted by atomic mass is 16.6. The van der Waals surface area contributed by atoms with E-state index in [1.165, 1.54) is 13.0 Å². The van der Waals surface area contributed by atoms with Crippen LogP contribution in [0, 0.1) is 0 Å². The second kappa shape index (κ2) is 2.56. The molecular weight excluding hydrogens is 174 g/mol. The minimum Gasteiger partial charge on any atom is -0.504 e. The van der Waals surface area contributed by atoms with Crippen LogP contribution >= 0.6 is 0 Å². The van der Waals surface area contributed by atoms with Gasteiger partial charge < -0.3 is 15.2 Å². The van der Waals surface area contributed by atoms with E-state index in [0.29, 0.717) is 0 Å². The standard InChI is InChI=1S/C8H9NO4/c1-3(10)9-4-2-5(11)6(12)8-7(4)13-8/h2,4,7-8,11H,1H3,(H,9,10). The molecule has 3 unspecified atom stereocenters. The molecule has 3 atom stereocenters. The van der Waals surface area contributed by atoms with Crippen molar-refractivity contribution >= 4 is 11.7 Å². The lowest BCUT2D eigenvalue weighted by Gasteiger charge is -2.14. The lowest BCUT2D eigenvalue weighted by Crippen LogP contribution is -2.40. The second-order valence-electron chi connectivity index (χ2n) is 3.16. The van der Waals surface area contributed by atoms with Crippen molar-refractivity contribution in [1.29, 1.82) is 0 Å². The van der Waals surface area contributed by atoms with Crippen LogP contribution in [0.2, 0.25) is 0 Å². The smallest absolute Gasteiger partial charge is 0.228 e. The quantitative estimate of drug-likeness (QED) is 0.526. The zero-order valence-corrected chi connectivity index (χ0v) is 6.98. The number of aliphatic hydroxyl groups is 1. The predicted octanol–water partition coefficient (Wildman–Crippen LogP) is -0.717. The van der Waals surface area contributed by atoms with Crippen LogP contribution in [0.15, 0.2) is 11.8 Å². The number of Topliss-reactive ketones (excluding diaryl/α,β-unsaturated/α-hetero) is 1. The maximum Gasteiger partial charge on any atom is 0.228 e. The zero-order valence-electron chi connectivity index (χ0n) is 6.98. The van der Waals surface area contributed by atoms with E-state index < -0.39 is 11.9 Å². The number of aliphatic hydroxyl groups excluding tert-OH is 1. The molecule has 0 bridgehead atoms. The Morgan fingerprint density at radius 2 is 2.38 bits per heavy atom. The Morgan fingerprint density at radius 1 is 1.69 bits per heavy atom. The minimum atomic E-state index is -0.554. The fourth-order valence-corrected chi connectivity index (χ4v) is 1.46. The molecule has 1 aliphatic carbocycles. The summed E-state index contributed by atoms with van der Waals surface area (Å²) in [6.07, 6.45) is 0.479. The zero-order chi connectivity index (χ0) is 9.59. The molecule has 1 saturated heterocycles. The molecule has 1 heterocycles. The molecule has 1 aliphatic heterocycles. The number of hydrogen-bond acceptors (Lipinski definition) is 4. The molecular formula is C8H9NO4. The molecule has 0 radical (unpaired) electrons. The van der Waals surface area contributed by atoms with Gasteiger partial charge in [-0.1, -0.05) is 0 Å². The van der Waals surface area contributed by atoms with Crippen LogP contribution in [-0.2, 0) is 14.3 Å². The van der Waals surface area contributed by atoms with Crippen molar-refractivity contribution in [2.75, 3.05) is 0 Å². The number of amides is 1. The van der Waals surface area contributed by atoms with Gasteiger partial charge in [0.25, 0.3) is 0 Å². The topological polar surface area (TPSA) is 78.9 Å². The molecule has 1 amide bonds. The Hall–Kier alpha value is -1.36. The highest BCUT2D eigenvalue weighted by molar-refractivity contribution is 6.00. The van der Waals surface area contributed by atoms with Crippen LogP contribution in [-0.4, -0.2) is 35.0 Å². The summed E-state index contributed by atoms with van der Waals surface area (Å²) in [7, 11) is 0. The number of fused-ring (bicyclic) bond motifs is 1. The summed E-state index contributed by atoms with van der Waals surface area (Å²) >= 11 is 0. The van der Waals surface area contributed by atoms with Gasteiger partial charge in [0.15, 0.2) is 11.9 Å². The SMILES string of the molecule is CC(=O)NC1C=C(O)C(=O)C2OC12. The van der Waals surface area contributed by atoms with Gasteiger partial charge in [-0.3, -0.25) is 9.59 Å². The second-order valence-corrected chi connectivity index (χ2v) is 3.16. The van der Waals surface area contributed by atoms with Gasteiger partial charge in [0.05, 0.1) is 6.04 Å². The van der Waals surface area contributed by atoms with Crippen molar-refractivity contribution in [1.82, 2.24) is 5.32 Å². The van der Waals surface area contributed by atoms with E-state index in [-0.39, 0.29) is 23.8 Å². The molecule has 70 valence electrons. The molecule has 0 aromatic rings. The molecule has 2 aliphatic rings. The lowest BCUT2D eigenvalue weighted by molar-refractivity contribution is -0.121. The van der Waals surface area contributed by atoms with Crippen LogP contribution in [0.25, 0.3) is 0 Å². The number of ether oxygens (including phenoxy) is 1. The summed E-state index contributed by atoms with van der Waals surface area (Å²) in [6, 6.07) is -0.375. The fourth-order valence-electron chi connectivity index (χ4n) is 1.46. The molecule has 0 aromatic carbocycles. The first-order valence-electron chi connectivity index (χ1n) is 3.97.